The fourth-order valence-electron chi connectivity index (χ4n) is 1.68. The van der Waals surface area contributed by atoms with E-state index in [1.807, 2.05) is 0 Å². The van der Waals surface area contributed by atoms with Gasteiger partial charge >= 0.3 is 11.9 Å². The van der Waals surface area contributed by atoms with Crippen molar-refractivity contribution >= 4 is 11.9 Å². The lowest BCUT2D eigenvalue weighted by Crippen LogP contribution is -2.59. The highest BCUT2D eigenvalue weighted by molar-refractivity contribution is 5.67. The Hall–Kier alpha value is -1.18. The molecule has 17 heavy (non-hydrogen) atoms. The molecule has 0 aromatic heterocycles. The second kappa shape index (κ2) is 5.44. The van der Waals surface area contributed by atoms with Crippen molar-refractivity contribution in [1.29, 1.82) is 0 Å². The Labute approximate surface area is 98.3 Å². The Kier molecular flexibility index (Phi) is 4.44. The summed E-state index contributed by atoms with van der Waals surface area (Å²) >= 11 is 0. The molecule has 5 atom stereocenters. The molecule has 1 saturated heterocycles. The first-order valence-electron chi connectivity index (χ1n) is 5.19. The molecule has 0 unspecified atom stereocenters. The Morgan fingerprint density at radius 3 is 2.00 bits per heavy atom. The van der Waals surface area contributed by atoms with Crippen LogP contribution in [0.25, 0.3) is 0 Å². The molecule has 0 aromatic rings. The van der Waals surface area contributed by atoms with Gasteiger partial charge in [-0.3, -0.25) is 9.59 Å². The number of carbonyl (C=O) groups excluding carboxylic acids is 2. The van der Waals surface area contributed by atoms with Crippen LogP contribution < -0.4 is 0 Å². The fraction of sp³-hybridized carbons (Fsp3) is 0.800. The van der Waals surface area contributed by atoms with Gasteiger partial charge in [-0.1, -0.05) is 0 Å². The van der Waals surface area contributed by atoms with E-state index in [0.717, 1.165) is 6.92 Å². The van der Waals surface area contributed by atoms with Gasteiger partial charge < -0.3 is 24.4 Å². The zero-order chi connectivity index (χ0) is 13.2. The van der Waals surface area contributed by atoms with Gasteiger partial charge in [0, 0.05) is 13.8 Å². The molecule has 0 radical (unpaired) electrons. The Morgan fingerprint density at radius 2 is 1.53 bits per heavy atom. The van der Waals surface area contributed by atoms with Crippen molar-refractivity contribution in [2.75, 3.05) is 0 Å². The van der Waals surface area contributed by atoms with E-state index in [1.54, 1.807) is 0 Å². The van der Waals surface area contributed by atoms with Gasteiger partial charge in [0.1, 0.15) is 6.10 Å². The maximum Gasteiger partial charge on any atom is 0.303 e. The zero-order valence-electron chi connectivity index (χ0n) is 9.82. The second-order valence-corrected chi connectivity index (χ2v) is 3.87. The van der Waals surface area contributed by atoms with Crippen LogP contribution in [0.4, 0.5) is 0 Å². The number of hydrogen-bond donors (Lipinski definition) is 2. The van der Waals surface area contributed by atoms with Gasteiger partial charge in [-0.05, 0) is 6.92 Å². The van der Waals surface area contributed by atoms with Gasteiger partial charge in [0.25, 0.3) is 0 Å². The maximum atomic E-state index is 10.9. The number of aliphatic hydroxyl groups excluding tert-OH is 2. The summed E-state index contributed by atoms with van der Waals surface area (Å²) < 4.78 is 14.6. The molecule has 0 aromatic carbocycles. The molecular weight excluding hydrogens is 232 g/mol. The highest BCUT2D eigenvalue weighted by Crippen LogP contribution is 2.24. The van der Waals surface area contributed by atoms with Crippen LogP contribution in [0.2, 0.25) is 0 Å². The summed E-state index contributed by atoms with van der Waals surface area (Å²) in [5.74, 6) is -1.27. The van der Waals surface area contributed by atoms with Gasteiger partial charge in [0.15, 0.2) is 18.5 Å². The lowest BCUT2D eigenvalue weighted by atomic mass is 9.99. The smallest absolute Gasteiger partial charge is 0.303 e. The molecule has 98 valence electrons. The molecule has 0 aliphatic carbocycles. The molecule has 1 fully saturated rings. The second-order valence-electron chi connectivity index (χ2n) is 3.87. The van der Waals surface area contributed by atoms with Gasteiger partial charge in [0.05, 0.1) is 6.10 Å². The van der Waals surface area contributed by atoms with Gasteiger partial charge in [-0.25, -0.2) is 0 Å². The standard InChI is InChI=1S/C10H16O7/c1-4-8(16-5(2)11)7(13)9(10(14)15-4)17-6(3)12/h4,7-10,13-14H,1-3H3/t4-,7+,8+,9-,10+/m1/s1. The van der Waals surface area contributed by atoms with E-state index in [2.05, 4.69) is 0 Å². The van der Waals surface area contributed by atoms with Crippen LogP contribution in [0.1, 0.15) is 20.8 Å². The Balaban J connectivity index is 2.78. The summed E-state index contributed by atoms with van der Waals surface area (Å²) in [6.45, 7) is 3.85. The van der Waals surface area contributed by atoms with Gasteiger partial charge in [-0.15, -0.1) is 0 Å². The summed E-state index contributed by atoms with van der Waals surface area (Å²) in [4.78, 5) is 21.7. The van der Waals surface area contributed by atoms with Crippen molar-refractivity contribution in [2.45, 2.75) is 51.5 Å². The summed E-state index contributed by atoms with van der Waals surface area (Å²) in [6.07, 6.45) is -5.73. The third-order valence-electron chi connectivity index (χ3n) is 2.38. The first kappa shape index (κ1) is 13.9. The average Bonchev–Trinajstić information content (AvgIpc) is 2.18. The highest BCUT2D eigenvalue weighted by Gasteiger charge is 2.46. The van der Waals surface area contributed by atoms with Crippen LogP contribution in [-0.2, 0) is 23.8 Å². The minimum atomic E-state index is -1.45. The van der Waals surface area contributed by atoms with Gasteiger partial charge in [0.2, 0.25) is 0 Å². The summed E-state index contributed by atoms with van der Waals surface area (Å²) in [5.41, 5.74) is 0. The molecule has 7 nitrogen and oxygen atoms in total. The van der Waals surface area contributed by atoms with E-state index in [0.29, 0.717) is 0 Å². The average molecular weight is 248 g/mol. The molecule has 1 heterocycles. The van der Waals surface area contributed by atoms with E-state index in [-0.39, 0.29) is 0 Å². The molecule has 0 amide bonds. The molecule has 0 saturated carbocycles. The first-order chi connectivity index (χ1) is 7.82. The monoisotopic (exact) mass is 248 g/mol. The largest absolute Gasteiger partial charge is 0.457 e. The fourth-order valence-corrected chi connectivity index (χ4v) is 1.68. The molecule has 7 heteroatoms. The van der Waals surface area contributed by atoms with Crippen molar-refractivity contribution in [3.63, 3.8) is 0 Å². The quantitative estimate of drug-likeness (QED) is 0.601. The van der Waals surface area contributed by atoms with E-state index in [4.69, 9.17) is 14.2 Å². The third-order valence-corrected chi connectivity index (χ3v) is 2.38. The van der Waals surface area contributed by atoms with E-state index >= 15 is 0 Å². The Morgan fingerprint density at radius 1 is 1.06 bits per heavy atom. The summed E-state index contributed by atoms with van der Waals surface area (Å²) in [6, 6.07) is 0. The molecule has 1 rings (SSSR count). The molecule has 0 bridgehead atoms. The number of rotatable bonds is 2. The van der Waals surface area contributed by atoms with Crippen LogP contribution in [-0.4, -0.2) is 52.9 Å². The van der Waals surface area contributed by atoms with E-state index in [1.165, 1.54) is 13.8 Å². The summed E-state index contributed by atoms with van der Waals surface area (Å²) in [5, 5.41) is 19.4. The third kappa shape index (κ3) is 3.39. The highest BCUT2D eigenvalue weighted by atomic mass is 16.7. The minimum Gasteiger partial charge on any atom is -0.457 e. The topological polar surface area (TPSA) is 102 Å². The van der Waals surface area contributed by atoms with Crippen LogP contribution in [0, 0.1) is 0 Å². The van der Waals surface area contributed by atoms with Crippen molar-refractivity contribution in [1.82, 2.24) is 0 Å². The molecule has 1 aliphatic rings. The lowest BCUT2D eigenvalue weighted by molar-refractivity contribution is -0.285. The number of hydrogen-bond acceptors (Lipinski definition) is 7. The van der Waals surface area contributed by atoms with Gasteiger partial charge in [-0.2, -0.15) is 0 Å². The van der Waals surface area contributed by atoms with E-state index < -0.39 is 42.6 Å². The normalized spacial score (nSPS) is 37.4. The molecule has 2 N–H and O–H groups in total. The predicted molar refractivity (Wildman–Crippen MR) is 53.7 cm³/mol. The maximum absolute atomic E-state index is 10.9. The van der Waals surface area contributed by atoms with E-state index in [9.17, 15) is 19.8 Å². The summed E-state index contributed by atoms with van der Waals surface area (Å²) in [7, 11) is 0. The lowest BCUT2D eigenvalue weighted by Gasteiger charge is -2.40. The van der Waals surface area contributed by atoms with Crippen LogP contribution >= 0.6 is 0 Å². The Bertz CT molecular complexity index is 275. The number of aliphatic hydroxyl groups is 2. The first-order valence-corrected chi connectivity index (χ1v) is 5.19. The number of esters is 2. The SMILES string of the molecule is CC(=O)O[C@@H]1[C@H](O)[C@@H](OC(C)=O)[C@@H](O)O[C@@H]1C. The molecule has 1 aliphatic heterocycles. The minimum absolute atomic E-state index is 0.595. The van der Waals surface area contributed by atoms with Crippen molar-refractivity contribution in [2.24, 2.45) is 0 Å². The van der Waals surface area contributed by atoms with Crippen molar-refractivity contribution in [3.8, 4) is 0 Å². The van der Waals surface area contributed by atoms with Crippen molar-refractivity contribution < 1.29 is 34.0 Å². The molecular formula is C10H16O7. The molecule has 0 spiro atoms. The zero-order valence-corrected chi connectivity index (χ0v) is 9.82. The number of carbonyl (C=O) groups is 2. The van der Waals surface area contributed by atoms with Crippen LogP contribution in [0.15, 0.2) is 0 Å². The van der Waals surface area contributed by atoms with Crippen LogP contribution in [0.3, 0.4) is 0 Å². The van der Waals surface area contributed by atoms with Crippen molar-refractivity contribution in [3.05, 3.63) is 0 Å². The predicted octanol–water partition coefficient (Wildman–Crippen LogP) is -1.05. The van der Waals surface area contributed by atoms with Crippen LogP contribution in [0.5, 0.6) is 0 Å². The number of ether oxygens (including phenoxy) is 3.